The second kappa shape index (κ2) is 5.48. The highest BCUT2D eigenvalue weighted by Crippen LogP contribution is 2.50. The zero-order chi connectivity index (χ0) is 15.7. The Morgan fingerprint density at radius 2 is 2.00 bits per heavy atom. The van der Waals surface area contributed by atoms with Crippen LogP contribution < -0.4 is 4.74 Å². The molecule has 0 N–H and O–H groups in total. The third-order valence-corrected chi connectivity index (χ3v) is 4.59. The van der Waals surface area contributed by atoms with Gasteiger partial charge in [0.05, 0.1) is 18.6 Å². The summed E-state index contributed by atoms with van der Waals surface area (Å²) in [7, 11) is 3.46. The quantitative estimate of drug-likeness (QED) is 0.852. The Kier molecular flexibility index (Phi) is 3.64. The van der Waals surface area contributed by atoms with Crippen LogP contribution in [-0.2, 0) is 10.2 Å². The Bertz CT molecular complexity index is 645. The van der Waals surface area contributed by atoms with E-state index in [2.05, 4.69) is 5.16 Å². The highest BCUT2D eigenvalue weighted by Gasteiger charge is 2.53. The Morgan fingerprint density at radius 1 is 1.32 bits per heavy atom. The van der Waals surface area contributed by atoms with Crippen molar-refractivity contribution in [2.45, 2.75) is 31.2 Å². The standard InChI is InChI=1S/C17H20N2O3/c1-12(15-8-11-22-18-15)19(2)16(20)17(9-10-17)13-4-6-14(21-3)7-5-13/h4-8,11-12H,9-10H2,1-3H3. The molecule has 5 heteroatoms. The smallest absolute Gasteiger partial charge is 0.233 e. The number of carbonyl (C=O) groups is 1. The van der Waals surface area contributed by atoms with E-state index in [1.165, 1.54) is 6.26 Å². The van der Waals surface area contributed by atoms with Crippen molar-refractivity contribution in [3.05, 3.63) is 47.9 Å². The van der Waals surface area contributed by atoms with Crippen molar-refractivity contribution in [1.82, 2.24) is 10.1 Å². The minimum atomic E-state index is -0.390. The molecule has 5 nitrogen and oxygen atoms in total. The lowest BCUT2D eigenvalue weighted by atomic mass is 9.93. The summed E-state index contributed by atoms with van der Waals surface area (Å²) in [4.78, 5) is 14.7. The molecule has 0 bridgehead atoms. The van der Waals surface area contributed by atoms with Crippen molar-refractivity contribution in [3.8, 4) is 5.75 Å². The van der Waals surface area contributed by atoms with E-state index in [-0.39, 0.29) is 17.4 Å². The van der Waals surface area contributed by atoms with Gasteiger partial charge in [0, 0.05) is 13.1 Å². The third-order valence-electron chi connectivity index (χ3n) is 4.59. The van der Waals surface area contributed by atoms with Crippen LogP contribution >= 0.6 is 0 Å². The minimum absolute atomic E-state index is 0.109. The van der Waals surface area contributed by atoms with E-state index in [0.717, 1.165) is 29.8 Å². The Balaban J connectivity index is 1.81. The molecule has 0 radical (unpaired) electrons. The molecule has 1 saturated carbocycles. The molecule has 1 aromatic heterocycles. The average molecular weight is 300 g/mol. The summed E-state index contributed by atoms with van der Waals surface area (Å²) in [6.45, 7) is 1.96. The van der Waals surface area contributed by atoms with E-state index in [0.29, 0.717) is 0 Å². The van der Waals surface area contributed by atoms with Gasteiger partial charge in [-0.1, -0.05) is 17.3 Å². The van der Waals surface area contributed by atoms with Crippen molar-refractivity contribution in [3.63, 3.8) is 0 Å². The fourth-order valence-electron chi connectivity index (χ4n) is 2.81. The maximum absolute atomic E-state index is 13.0. The Morgan fingerprint density at radius 3 is 2.50 bits per heavy atom. The Labute approximate surface area is 129 Å². The van der Waals surface area contributed by atoms with Crippen LogP contribution in [-0.4, -0.2) is 30.1 Å². The van der Waals surface area contributed by atoms with Crippen molar-refractivity contribution >= 4 is 5.91 Å². The zero-order valence-electron chi connectivity index (χ0n) is 13.1. The van der Waals surface area contributed by atoms with E-state index >= 15 is 0 Å². The van der Waals surface area contributed by atoms with Gasteiger partial charge in [-0.3, -0.25) is 4.79 Å². The predicted molar refractivity (Wildman–Crippen MR) is 81.6 cm³/mol. The second-order valence-corrected chi connectivity index (χ2v) is 5.83. The number of rotatable bonds is 5. The van der Waals surface area contributed by atoms with Gasteiger partial charge in [-0.15, -0.1) is 0 Å². The van der Waals surface area contributed by atoms with E-state index in [9.17, 15) is 4.79 Å². The number of benzene rings is 1. The van der Waals surface area contributed by atoms with Crippen LogP contribution in [0.15, 0.2) is 41.1 Å². The first-order chi connectivity index (χ1) is 10.6. The van der Waals surface area contributed by atoms with Gasteiger partial charge >= 0.3 is 0 Å². The minimum Gasteiger partial charge on any atom is -0.497 e. The van der Waals surface area contributed by atoms with E-state index < -0.39 is 0 Å². The first-order valence-corrected chi connectivity index (χ1v) is 7.40. The summed E-state index contributed by atoms with van der Waals surface area (Å²) in [6, 6.07) is 9.47. The molecule has 3 rings (SSSR count). The number of carbonyl (C=O) groups excluding carboxylic acids is 1. The number of aromatic nitrogens is 1. The van der Waals surface area contributed by atoms with E-state index in [1.807, 2.05) is 38.2 Å². The van der Waals surface area contributed by atoms with Crippen molar-refractivity contribution < 1.29 is 14.1 Å². The molecule has 1 aromatic carbocycles. The highest BCUT2D eigenvalue weighted by molar-refractivity contribution is 5.91. The molecular formula is C17H20N2O3. The maximum atomic E-state index is 13.0. The second-order valence-electron chi connectivity index (χ2n) is 5.83. The number of likely N-dealkylation sites (N-methyl/N-ethyl adjacent to an activating group) is 1. The lowest BCUT2D eigenvalue weighted by Crippen LogP contribution is -2.38. The van der Waals surface area contributed by atoms with Crippen LogP contribution in [0, 0.1) is 0 Å². The molecule has 1 unspecified atom stereocenters. The molecule has 1 aliphatic carbocycles. The van der Waals surface area contributed by atoms with Gasteiger partial charge in [-0.2, -0.15) is 0 Å². The van der Waals surface area contributed by atoms with Crippen molar-refractivity contribution in [2.75, 3.05) is 14.2 Å². The fourth-order valence-corrected chi connectivity index (χ4v) is 2.81. The predicted octanol–water partition coefficient (Wildman–Crippen LogP) is 2.93. The molecule has 1 heterocycles. The Hall–Kier alpha value is -2.30. The van der Waals surface area contributed by atoms with Gasteiger partial charge < -0.3 is 14.2 Å². The lowest BCUT2D eigenvalue weighted by molar-refractivity contribution is -0.134. The normalized spacial score (nSPS) is 16.9. The lowest BCUT2D eigenvalue weighted by Gasteiger charge is -2.28. The summed E-state index contributed by atoms with van der Waals surface area (Å²) in [5.41, 5.74) is 1.43. The first-order valence-electron chi connectivity index (χ1n) is 7.40. The molecule has 0 aliphatic heterocycles. The van der Waals surface area contributed by atoms with Gasteiger partial charge in [0.15, 0.2) is 0 Å². The first kappa shape index (κ1) is 14.6. The summed E-state index contributed by atoms with van der Waals surface area (Å²) >= 11 is 0. The van der Waals surface area contributed by atoms with Crippen molar-refractivity contribution in [2.24, 2.45) is 0 Å². The van der Waals surface area contributed by atoms with Crippen LogP contribution in [0.2, 0.25) is 0 Å². The van der Waals surface area contributed by atoms with Gasteiger partial charge in [0.25, 0.3) is 0 Å². The zero-order valence-corrected chi connectivity index (χ0v) is 13.1. The van der Waals surface area contributed by atoms with Crippen LogP contribution in [0.5, 0.6) is 5.75 Å². The summed E-state index contributed by atoms with van der Waals surface area (Å²) in [5, 5.41) is 3.93. The largest absolute Gasteiger partial charge is 0.497 e. The highest BCUT2D eigenvalue weighted by atomic mass is 16.5. The molecule has 1 aliphatic rings. The molecule has 0 saturated heterocycles. The number of hydrogen-bond acceptors (Lipinski definition) is 4. The average Bonchev–Trinajstić information content (AvgIpc) is 3.19. The summed E-state index contributed by atoms with van der Waals surface area (Å²) in [6.07, 6.45) is 3.29. The van der Waals surface area contributed by atoms with Gasteiger partial charge in [0.1, 0.15) is 17.7 Å². The number of methoxy groups -OCH3 is 1. The molecule has 2 aromatic rings. The third kappa shape index (κ3) is 2.36. The van der Waals surface area contributed by atoms with Gasteiger partial charge in [-0.05, 0) is 37.5 Å². The molecule has 1 atom stereocenters. The van der Waals surface area contributed by atoms with E-state index in [1.54, 1.807) is 18.1 Å². The summed E-state index contributed by atoms with van der Waals surface area (Å²) < 4.78 is 10.1. The molecule has 22 heavy (non-hydrogen) atoms. The monoisotopic (exact) mass is 300 g/mol. The number of hydrogen-bond donors (Lipinski definition) is 0. The van der Waals surface area contributed by atoms with Crippen LogP contribution in [0.1, 0.15) is 37.1 Å². The molecule has 1 fully saturated rings. The SMILES string of the molecule is COc1ccc(C2(C(=O)N(C)C(C)c3ccon3)CC2)cc1. The van der Waals surface area contributed by atoms with Crippen LogP contribution in [0.25, 0.3) is 0 Å². The van der Waals surface area contributed by atoms with Crippen LogP contribution in [0.4, 0.5) is 0 Å². The van der Waals surface area contributed by atoms with Crippen molar-refractivity contribution in [1.29, 1.82) is 0 Å². The topological polar surface area (TPSA) is 55.6 Å². The number of amides is 1. The fraction of sp³-hybridized carbons (Fsp3) is 0.412. The number of ether oxygens (including phenoxy) is 1. The molecule has 0 spiro atoms. The van der Waals surface area contributed by atoms with E-state index in [4.69, 9.17) is 9.26 Å². The maximum Gasteiger partial charge on any atom is 0.233 e. The van der Waals surface area contributed by atoms with Gasteiger partial charge in [0.2, 0.25) is 5.91 Å². The molecule has 1 amide bonds. The van der Waals surface area contributed by atoms with Crippen LogP contribution in [0.3, 0.4) is 0 Å². The van der Waals surface area contributed by atoms with Gasteiger partial charge in [-0.25, -0.2) is 0 Å². The number of nitrogens with zero attached hydrogens (tertiary/aromatic N) is 2. The summed E-state index contributed by atoms with van der Waals surface area (Å²) in [5.74, 6) is 0.935. The molecular weight excluding hydrogens is 280 g/mol. The molecule has 116 valence electrons.